The van der Waals surface area contributed by atoms with Crippen molar-refractivity contribution in [1.82, 2.24) is 4.90 Å². The molecule has 0 unspecified atom stereocenters. The quantitative estimate of drug-likeness (QED) is 0.776. The second-order valence-electron chi connectivity index (χ2n) is 6.23. The zero-order chi connectivity index (χ0) is 13.1. The number of rotatable bonds is 3. The van der Waals surface area contributed by atoms with Gasteiger partial charge in [0, 0.05) is 25.0 Å². The molecule has 0 saturated heterocycles. The molecule has 19 heavy (non-hydrogen) atoms. The summed E-state index contributed by atoms with van der Waals surface area (Å²) in [6, 6.07) is 8.78. The lowest BCUT2D eigenvalue weighted by molar-refractivity contribution is -0.117. The van der Waals surface area contributed by atoms with E-state index in [4.69, 9.17) is 0 Å². The van der Waals surface area contributed by atoms with Crippen LogP contribution in [0.15, 0.2) is 24.3 Å². The summed E-state index contributed by atoms with van der Waals surface area (Å²) in [5.74, 6) is 0. The molecule has 2 heteroatoms. The number of hydrogen-bond acceptors (Lipinski definition) is 2. The van der Waals surface area contributed by atoms with Crippen LogP contribution < -0.4 is 0 Å². The molecule has 1 aromatic carbocycles. The average Bonchev–Trinajstić information content (AvgIpc) is 2.82. The minimum Gasteiger partial charge on any atom is -0.303 e. The van der Waals surface area contributed by atoms with E-state index < -0.39 is 0 Å². The summed E-state index contributed by atoms with van der Waals surface area (Å²) < 4.78 is 0. The van der Waals surface area contributed by atoms with Crippen LogP contribution in [0.1, 0.15) is 36.8 Å². The number of benzene rings is 1. The molecule has 102 valence electrons. The topological polar surface area (TPSA) is 20.3 Å². The Hall–Kier alpha value is -1.15. The molecule has 0 bridgehead atoms. The van der Waals surface area contributed by atoms with Crippen molar-refractivity contribution in [3.8, 4) is 0 Å². The average molecular weight is 257 g/mol. The fraction of sp³-hybridized carbons (Fsp3) is 0.588. The van der Waals surface area contributed by atoms with Crippen LogP contribution in [0, 0.1) is 5.41 Å². The number of hydrogen-bond donors (Lipinski definition) is 0. The van der Waals surface area contributed by atoms with E-state index in [9.17, 15) is 4.79 Å². The second kappa shape index (κ2) is 5.46. The van der Waals surface area contributed by atoms with E-state index in [-0.39, 0.29) is 5.41 Å². The summed E-state index contributed by atoms with van der Waals surface area (Å²) in [6.45, 7) is 3.18. The molecule has 1 aliphatic carbocycles. The van der Waals surface area contributed by atoms with Crippen LogP contribution in [-0.2, 0) is 17.6 Å². The molecular weight excluding hydrogens is 234 g/mol. The normalized spacial score (nSPS) is 22.7. The van der Waals surface area contributed by atoms with E-state index >= 15 is 0 Å². The van der Waals surface area contributed by atoms with Gasteiger partial charge in [-0.15, -0.1) is 0 Å². The van der Waals surface area contributed by atoms with Crippen molar-refractivity contribution < 1.29 is 4.79 Å². The maximum absolute atomic E-state index is 11.5. The predicted molar refractivity (Wildman–Crippen MR) is 77.3 cm³/mol. The SMILES string of the molecule is O=CC1(CN2CCc3ccccc3CC2)CCCC1. The first-order valence-corrected chi connectivity index (χ1v) is 7.57. The van der Waals surface area contributed by atoms with Crippen LogP contribution in [0.4, 0.5) is 0 Å². The third-order valence-corrected chi connectivity index (χ3v) is 4.90. The molecule has 2 aliphatic rings. The molecule has 0 radical (unpaired) electrons. The van der Waals surface area contributed by atoms with Gasteiger partial charge in [-0.25, -0.2) is 0 Å². The van der Waals surface area contributed by atoms with Crippen LogP contribution in [0.3, 0.4) is 0 Å². The lowest BCUT2D eigenvalue weighted by atomic mass is 9.87. The molecule has 1 heterocycles. The monoisotopic (exact) mass is 257 g/mol. The molecule has 0 N–H and O–H groups in total. The predicted octanol–water partition coefficient (Wildman–Crippen LogP) is 2.85. The maximum atomic E-state index is 11.5. The van der Waals surface area contributed by atoms with Crippen LogP contribution >= 0.6 is 0 Å². The number of carbonyl (C=O) groups is 1. The van der Waals surface area contributed by atoms with Crippen molar-refractivity contribution in [3.05, 3.63) is 35.4 Å². The molecular formula is C17H23NO. The van der Waals surface area contributed by atoms with Crippen molar-refractivity contribution in [2.24, 2.45) is 5.41 Å². The first-order valence-electron chi connectivity index (χ1n) is 7.57. The smallest absolute Gasteiger partial charge is 0.127 e. The van der Waals surface area contributed by atoms with Crippen LogP contribution in [-0.4, -0.2) is 30.8 Å². The van der Waals surface area contributed by atoms with Crippen molar-refractivity contribution in [2.45, 2.75) is 38.5 Å². The van der Waals surface area contributed by atoms with E-state index in [0.717, 1.165) is 45.3 Å². The zero-order valence-electron chi connectivity index (χ0n) is 11.6. The summed E-state index contributed by atoms with van der Waals surface area (Å²) in [4.78, 5) is 14.0. The van der Waals surface area contributed by atoms with Gasteiger partial charge in [-0.1, -0.05) is 37.1 Å². The summed E-state index contributed by atoms with van der Waals surface area (Å²) in [6.07, 6.45) is 8.16. The zero-order valence-corrected chi connectivity index (χ0v) is 11.6. The first-order chi connectivity index (χ1) is 9.31. The van der Waals surface area contributed by atoms with Crippen LogP contribution in [0.2, 0.25) is 0 Å². The number of fused-ring (bicyclic) bond motifs is 1. The molecule has 1 saturated carbocycles. The van der Waals surface area contributed by atoms with Crippen molar-refractivity contribution in [2.75, 3.05) is 19.6 Å². The Balaban J connectivity index is 1.67. The number of carbonyl (C=O) groups excluding carboxylic acids is 1. The molecule has 0 spiro atoms. The molecule has 2 nitrogen and oxygen atoms in total. The second-order valence-corrected chi connectivity index (χ2v) is 6.23. The van der Waals surface area contributed by atoms with Crippen molar-refractivity contribution in [1.29, 1.82) is 0 Å². The van der Waals surface area contributed by atoms with Crippen molar-refractivity contribution in [3.63, 3.8) is 0 Å². The molecule has 0 aromatic heterocycles. The third-order valence-electron chi connectivity index (χ3n) is 4.90. The first kappa shape index (κ1) is 12.9. The lowest BCUT2D eigenvalue weighted by Gasteiger charge is -2.30. The van der Waals surface area contributed by atoms with E-state index in [1.165, 1.54) is 30.3 Å². The molecule has 3 rings (SSSR count). The summed E-state index contributed by atoms with van der Waals surface area (Å²) in [5, 5.41) is 0. The van der Waals surface area contributed by atoms with Gasteiger partial charge in [0.15, 0.2) is 0 Å². The van der Waals surface area contributed by atoms with Gasteiger partial charge in [-0.05, 0) is 36.8 Å². The van der Waals surface area contributed by atoms with Gasteiger partial charge in [0.1, 0.15) is 6.29 Å². The van der Waals surface area contributed by atoms with Gasteiger partial charge in [-0.2, -0.15) is 0 Å². The van der Waals surface area contributed by atoms with E-state index in [2.05, 4.69) is 29.2 Å². The summed E-state index contributed by atoms with van der Waals surface area (Å²) in [5.41, 5.74) is 2.96. The van der Waals surface area contributed by atoms with Gasteiger partial charge < -0.3 is 9.69 Å². The van der Waals surface area contributed by atoms with E-state index in [0.29, 0.717) is 0 Å². The Kier molecular flexibility index (Phi) is 3.69. The third kappa shape index (κ3) is 2.74. The summed E-state index contributed by atoms with van der Waals surface area (Å²) >= 11 is 0. The molecule has 1 fully saturated rings. The summed E-state index contributed by atoms with van der Waals surface area (Å²) in [7, 11) is 0. The highest BCUT2D eigenvalue weighted by Gasteiger charge is 2.35. The van der Waals surface area contributed by atoms with Crippen LogP contribution in [0.5, 0.6) is 0 Å². The molecule has 0 atom stereocenters. The van der Waals surface area contributed by atoms with Gasteiger partial charge in [0.05, 0.1) is 0 Å². The highest BCUT2D eigenvalue weighted by molar-refractivity contribution is 5.60. The highest BCUT2D eigenvalue weighted by atomic mass is 16.1. The Labute approximate surface area is 115 Å². The minimum atomic E-state index is -0.0312. The van der Waals surface area contributed by atoms with E-state index in [1.54, 1.807) is 0 Å². The molecule has 1 aromatic rings. The van der Waals surface area contributed by atoms with Gasteiger partial charge >= 0.3 is 0 Å². The molecule has 1 aliphatic heterocycles. The number of aldehydes is 1. The number of nitrogens with zero attached hydrogens (tertiary/aromatic N) is 1. The Morgan fingerprint density at radius 3 is 2.16 bits per heavy atom. The van der Waals surface area contributed by atoms with Gasteiger partial charge in [-0.3, -0.25) is 0 Å². The Morgan fingerprint density at radius 2 is 1.63 bits per heavy atom. The standard InChI is InChI=1S/C17H23NO/c19-14-17(9-3-4-10-17)13-18-11-7-15-5-1-2-6-16(15)8-12-18/h1-2,5-6,14H,3-4,7-13H2. The Bertz CT molecular complexity index is 421. The fourth-order valence-corrected chi connectivity index (χ4v) is 3.71. The largest absolute Gasteiger partial charge is 0.303 e. The highest BCUT2D eigenvalue weighted by Crippen LogP contribution is 2.37. The van der Waals surface area contributed by atoms with Gasteiger partial charge in [0.25, 0.3) is 0 Å². The fourth-order valence-electron chi connectivity index (χ4n) is 3.71. The van der Waals surface area contributed by atoms with Crippen LogP contribution in [0.25, 0.3) is 0 Å². The molecule has 0 amide bonds. The maximum Gasteiger partial charge on any atom is 0.127 e. The van der Waals surface area contributed by atoms with Gasteiger partial charge in [0.2, 0.25) is 0 Å². The Morgan fingerprint density at radius 1 is 1.05 bits per heavy atom. The van der Waals surface area contributed by atoms with E-state index in [1.807, 2.05) is 0 Å². The minimum absolute atomic E-state index is 0.0312. The van der Waals surface area contributed by atoms with Crippen molar-refractivity contribution >= 4 is 6.29 Å². The lowest BCUT2D eigenvalue weighted by Crippen LogP contribution is -2.38.